The molecule has 5 heteroatoms. The maximum Gasteiger partial charge on any atom is 0.339 e. The molecule has 0 spiro atoms. The molecule has 0 saturated heterocycles. The van der Waals surface area contributed by atoms with Crippen molar-refractivity contribution in [2.45, 2.75) is 20.0 Å². The molecule has 5 nitrogen and oxygen atoms in total. The molecular weight excluding hydrogens is 258 g/mol. The first-order valence-electron chi connectivity index (χ1n) is 6.26. The Labute approximate surface area is 115 Å². The van der Waals surface area contributed by atoms with Crippen molar-refractivity contribution in [3.8, 4) is 0 Å². The summed E-state index contributed by atoms with van der Waals surface area (Å²) in [5.41, 5.74) is 1.83. The predicted octanol–water partition coefficient (Wildman–Crippen LogP) is 2.44. The molecule has 2 heterocycles. The average molecular weight is 271 g/mol. The molecule has 1 aromatic carbocycles. The van der Waals surface area contributed by atoms with E-state index in [4.69, 9.17) is 9.52 Å². The lowest BCUT2D eigenvalue weighted by molar-refractivity contribution is 0.0693. The highest BCUT2D eigenvalue weighted by Gasteiger charge is 2.28. The number of rotatable bonds is 3. The average Bonchev–Trinajstić information content (AvgIpc) is 2.92. The van der Waals surface area contributed by atoms with Gasteiger partial charge in [0, 0.05) is 12.1 Å². The predicted molar refractivity (Wildman–Crippen MR) is 70.4 cm³/mol. The third-order valence-electron chi connectivity index (χ3n) is 3.44. The number of carboxylic acid groups (broad SMARTS) is 1. The number of carboxylic acids is 1. The van der Waals surface area contributed by atoms with Crippen LogP contribution >= 0.6 is 0 Å². The molecule has 0 bridgehead atoms. The van der Waals surface area contributed by atoms with Crippen LogP contribution in [0.1, 0.15) is 37.8 Å². The molecule has 0 fully saturated rings. The van der Waals surface area contributed by atoms with E-state index >= 15 is 0 Å². The third kappa shape index (κ3) is 1.97. The van der Waals surface area contributed by atoms with Crippen LogP contribution in [-0.4, -0.2) is 21.9 Å². The summed E-state index contributed by atoms with van der Waals surface area (Å²) >= 11 is 0. The Morgan fingerprint density at radius 1 is 1.40 bits per heavy atom. The molecular formula is C15H13NO4. The number of hydrogen-bond acceptors (Lipinski definition) is 3. The minimum absolute atomic E-state index is 0.0495. The topological polar surface area (TPSA) is 70.8 Å². The van der Waals surface area contributed by atoms with Gasteiger partial charge in [0.25, 0.3) is 5.91 Å². The van der Waals surface area contributed by atoms with Crippen molar-refractivity contribution in [3.63, 3.8) is 0 Å². The van der Waals surface area contributed by atoms with Gasteiger partial charge in [-0.25, -0.2) is 4.79 Å². The van der Waals surface area contributed by atoms with Crippen LogP contribution in [0.5, 0.6) is 0 Å². The maximum atomic E-state index is 12.2. The lowest BCUT2D eigenvalue weighted by atomic mass is 10.1. The van der Waals surface area contributed by atoms with E-state index in [1.807, 2.05) is 18.2 Å². The summed E-state index contributed by atoms with van der Waals surface area (Å²) in [6.45, 7) is 2.41. The molecule has 1 amide bonds. The Balaban J connectivity index is 1.82. The van der Waals surface area contributed by atoms with Gasteiger partial charge < -0.3 is 14.4 Å². The number of carbonyl (C=O) groups is 2. The van der Waals surface area contributed by atoms with Crippen molar-refractivity contribution < 1.29 is 19.1 Å². The van der Waals surface area contributed by atoms with Gasteiger partial charge in [-0.15, -0.1) is 0 Å². The van der Waals surface area contributed by atoms with E-state index in [0.29, 0.717) is 23.6 Å². The molecule has 1 aliphatic heterocycles. The first kappa shape index (κ1) is 12.5. The quantitative estimate of drug-likeness (QED) is 0.930. The van der Waals surface area contributed by atoms with Crippen LogP contribution in [0, 0.1) is 6.92 Å². The summed E-state index contributed by atoms with van der Waals surface area (Å²) in [5.74, 6) is -0.224. The highest BCUT2D eigenvalue weighted by molar-refractivity contribution is 5.98. The zero-order chi connectivity index (χ0) is 14.3. The number of fused-ring (bicyclic) bond motifs is 1. The van der Waals surface area contributed by atoms with Crippen LogP contribution in [0.15, 0.2) is 34.7 Å². The van der Waals surface area contributed by atoms with Crippen LogP contribution in [0.2, 0.25) is 0 Å². The van der Waals surface area contributed by atoms with Gasteiger partial charge in [0.2, 0.25) is 0 Å². The number of amides is 1. The van der Waals surface area contributed by atoms with E-state index in [-0.39, 0.29) is 18.0 Å². The van der Waals surface area contributed by atoms with Crippen molar-refractivity contribution in [1.29, 1.82) is 0 Å². The SMILES string of the molecule is Cc1oc(CN2Cc3ccccc3C2=O)cc1C(=O)O. The Kier molecular flexibility index (Phi) is 2.82. The minimum atomic E-state index is -1.02. The molecule has 0 atom stereocenters. The van der Waals surface area contributed by atoms with Gasteiger partial charge in [0.1, 0.15) is 17.1 Å². The van der Waals surface area contributed by atoms with Crippen molar-refractivity contribution in [3.05, 3.63) is 58.5 Å². The van der Waals surface area contributed by atoms with Crippen molar-refractivity contribution in [1.82, 2.24) is 4.90 Å². The molecule has 0 radical (unpaired) electrons. The van der Waals surface area contributed by atoms with Crippen LogP contribution in [-0.2, 0) is 13.1 Å². The number of carbonyl (C=O) groups excluding carboxylic acids is 1. The number of aromatic carboxylic acids is 1. The fourth-order valence-corrected chi connectivity index (χ4v) is 2.46. The molecule has 1 aliphatic rings. The summed E-state index contributed by atoms with van der Waals surface area (Å²) in [4.78, 5) is 24.8. The fraction of sp³-hybridized carbons (Fsp3) is 0.200. The van der Waals surface area contributed by atoms with Gasteiger partial charge in [-0.1, -0.05) is 18.2 Å². The standard InChI is InChI=1S/C15H13NO4/c1-9-13(15(18)19)6-11(20-9)8-16-7-10-4-2-3-5-12(10)14(16)17/h2-6H,7-8H2,1H3,(H,18,19). The monoisotopic (exact) mass is 271 g/mol. The van der Waals surface area contributed by atoms with E-state index in [0.717, 1.165) is 5.56 Å². The first-order chi connectivity index (χ1) is 9.56. The molecule has 2 aromatic rings. The summed E-state index contributed by atoms with van der Waals surface area (Å²) in [6, 6.07) is 8.93. The van der Waals surface area contributed by atoms with Gasteiger partial charge in [-0.3, -0.25) is 4.79 Å². The fourth-order valence-electron chi connectivity index (χ4n) is 2.46. The number of nitrogens with zero attached hydrogens (tertiary/aromatic N) is 1. The number of hydrogen-bond donors (Lipinski definition) is 1. The van der Waals surface area contributed by atoms with Crippen LogP contribution < -0.4 is 0 Å². The third-order valence-corrected chi connectivity index (χ3v) is 3.44. The molecule has 102 valence electrons. The summed E-state index contributed by atoms with van der Waals surface area (Å²) < 4.78 is 5.41. The Bertz CT molecular complexity index is 702. The van der Waals surface area contributed by atoms with Crippen molar-refractivity contribution >= 4 is 11.9 Å². The minimum Gasteiger partial charge on any atom is -0.478 e. The number of furan rings is 1. The molecule has 0 unspecified atom stereocenters. The van der Waals surface area contributed by atoms with Crippen LogP contribution in [0.4, 0.5) is 0 Å². The molecule has 1 aromatic heterocycles. The smallest absolute Gasteiger partial charge is 0.339 e. The maximum absolute atomic E-state index is 12.2. The van der Waals surface area contributed by atoms with E-state index in [2.05, 4.69) is 0 Å². The van der Waals surface area contributed by atoms with E-state index in [9.17, 15) is 9.59 Å². The highest BCUT2D eigenvalue weighted by Crippen LogP contribution is 2.25. The van der Waals surface area contributed by atoms with E-state index in [1.165, 1.54) is 6.07 Å². The summed E-state index contributed by atoms with van der Waals surface area (Å²) in [7, 11) is 0. The van der Waals surface area contributed by atoms with Gasteiger partial charge in [0.05, 0.1) is 6.54 Å². The van der Waals surface area contributed by atoms with Crippen molar-refractivity contribution in [2.75, 3.05) is 0 Å². The number of benzene rings is 1. The van der Waals surface area contributed by atoms with Gasteiger partial charge in [-0.05, 0) is 24.6 Å². The first-order valence-corrected chi connectivity index (χ1v) is 6.26. The second-order valence-corrected chi connectivity index (χ2v) is 4.81. The molecule has 20 heavy (non-hydrogen) atoms. The Morgan fingerprint density at radius 3 is 2.80 bits per heavy atom. The highest BCUT2D eigenvalue weighted by atomic mass is 16.4. The number of aryl methyl sites for hydroxylation is 1. The Hall–Kier alpha value is -2.56. The lowest BCUT2D eigenvalue weighted by Crippen LogP contribution is -2.22. The lowest BCUT2D eigenvalue weighted by Gasteiger charge is -2.13. The summed E-state index contributed by atoms with van der Waals surface area (Å²) in [5, 5.41) is 8.99. The molecule has 3 rings (SSSR count). The van der Waals surface area contributed by atoms with E-state index in [1.54, 1.807) is 17.9 Å². The zero-order valence-corrected chi connectivity index (χ0v) is 10.9. The van der Waals surface area contributed by atoms with Gasteiger partial charge in [-0.2, -0.15) is 0 Å². The van der Waals surface area contributed by atoms with Crippen LogP contribution in [0.3, 0.4) is 0 Å². The normalized spacial score (nSPS) is 13.7. The van der Waals surface area contributed by atoms with Gasteiger partial charge >= 0.3 is 5.97 Å². The molecule has 1 N–H and O–H groups in total. The van der Waals surface area contributed by atoms with Crippen molar-refractivity contribution in [2.24, 2.45) is 0 Å². The Morgan fingerprint density at radius 2 is 2.15 bits per heavy atom. The molecule has 0 saturated carbocycles. The summed E-state index contributed by atoms with van der Waals surface area (Å²) in [6.07, 6.45) is 0. The van der Waals surface area contributed by atoms with Gasteiger partial charge in [0.15, 0.2) is 0 Å². The largest absolute Gasteiger partial charge is 0.478 e. The van der Waals surface area contributed by atoms with E-state index < -0.39 is 5.97 Å². The van der Waals surface area contributed by atoms with Crippen LogP contribution in [0.25, 0.3) is 0 Å². The second kappa shape index (κ2) is 4.52. The second-order valence-electron chi connectivity index (χ2n) is 4.81. The molecule has 0 aliphatic carbocycles. The zero-order valence-electron chi connectivity index (χ0n) is 10.9.